The second-order valence-electron chi connectivity index (χ2n) is 5.04. The van der Waals surface area contributed by atoms with Gasteiger partial charge in [0.2, 0.25) is 11.1 Å². The molecule has 21 heavy (non-hydrogen) atoms. The topological polar surface area (TPSA) is 72.2 Å². The van der Waals surface area contributed by atoms with Crippen LogP contribution in [0.5, 0.6) is 0 Å². The van der Waals surface area contributed by atoms with Crippen LogP contribution in [0.15, 0.2) is 40.4 Å². The Morgan fingerprint density at radius 3 is 2.71 bits per heavy atom. The van der Waals surface area contributed by atoms with Crippen LogP contribution in [0.25, 0.3) is 0 Å². The highest BCUT2D eigenvalue weighted by Gasteiger charge is 2.31. The van der Waals surface area contributed by atoms with E-state index in [-0.39, 0.29) is 0 Å². The normalized spacial score (nSPS) is 12.3. The third-order valence-electron chi connectivity index (χ3n) is 3.25. The molecule has 2 rings (SSSR count). The Morgan fingerprint density at radius 2 is 2.14 bits per heavy atom. The number of benzene rings is 1. The lowest BCUT2D eigenvalue weighted by Crippen LogP contribution is -2.38. The smallest absolute Gasteiger partial charge is 0.227 e. The molecule has 1 N–H and O–H groups in total. The third kappa shape index (κ3) is 3.18. The average Bonchev–Trinajstić information content (AvgIpc) is 2.88. The molecule has 1 aromatic carbocycles. The van der Waals surface area contributed by atoms with Crippen molar-refractivity contribution in [3.8, 4) is 0 Å². The summed E-state index contributed by atoms with van der Waals surface area (Å²) in [6.07, 6.45) is 2.17. The van der Waals surface area contributed by atoms with Crippen molar-refractivity contribution in [3.05, 3.63) is 46.5 Å². The van der Waals surface area contributed by atoms with Gasteiger partial charge in [-0.3, -0.25) is 4.79 Å². The van der Waals surface area contributed by atoms with E-state index in [1.165, 1.54) is 0 Å². The fourth-order valence-electron chi connectivity index (χ4n) is 2.08. The van der Waals surface area contributed by atoms with Crippen molar-refractivity contribution in [2.75, 3.05) is 0 Å². The van der Waals surface area contributed by atoms with Gasteiger partial charge >= 0.3 is 0 Å². The molecule has 0 spiro atoms. The van der Waals surface area contributed by atoms with E-state index >= 15 is 0 Å². The Morgan fingerprint density at radius 1 is 1.43 bits per heavy atom. The molecule has 0 aliphatic heterocycles. The van der Waals surface area contributed by atoms with E-state index in [4.69, 9.17) is 0 Å². The number of carbonyl (C=O) groups excluding carboxylic acids is 1. The second-order valence-corrected chi connectivity index (χ2v) is 5.75. The molecule has 0 bridgehead atoms. The quantitative estimate of drug-likeness (QED) is 0.511. The first-order chi connectivity index (χ1) is 9.96. The van der Waals surface area contributed by atoms with E-state index < -0.39 is 5.54 Å². The first-order valence-corrected chi connectivity index (χ1v) is 7.17. The third-order valence-corrected chi connectivity index (χ3v) is 3.61. The van der Waals surface area contributed by atoms with E-state index in [1.54, 1.807) is 11.0 Å². The summed E-state index contributed by atoms with van der Waals surface area (Å²) in [5, 5.41) is 8.52. The van der Waals surface area contributed by atoms with Crippen LogP contribution in [-0.2, 0) is 10.3 Å². The fraction of sp³-hybridized carbons (Fsp3) is 0.286. The van der Waals surface area contributed by atoms with Crippen LogP contribution in [-0.4, -0.2) is 26.9 Å². The molecule has 110 valence electrons. The van der Waals surface area contributed by atoms with Crippen molar-refractivity contribution in [1.82, 2.24) is 20.2 Å². The van der Waals surface area contributed by atoms with Gasteiger partial charge in [0.15, 0.2) is 0 Å². The molecule has 0 saturated heterocycles. The summed E-state index contributed by atoms with van der Waals surface area (Å²) in [4.78, 5) is 14.7. The van der Waals surface area contributed by atoms with Crippen molar-refractivity contribution < 1.29 is 4.79 Å². The largest absolute Gasteiger partial charge is 0.277 e. The number of carbonyl (C=O) groups is 1. The summed E-state index contributed by atoms with van der Waals surface area (Å²) in [5.41, 5.74) is 4.52. The number of hydrogen-bond donors (Lipinski definition) is 1. The van der Waals surface area contributed by atoms with Crippen molar-refractivity contribution in [2.45, 2.75) is 26.3 Å². The lowest BCUT2D eigenvalue weighted by Gasteiger charge is -2.27. The Balaban J connectivity index is 2.55. The number of amides is 1. The van der Waals surface area contributed by atoms with Gasteiger partial charge in [0.1, 0.15) is 11.9 Å². The molecule has 0 atom stereocenters. The van der Waals surface area contributed by atoms with Crippen LogP contribution >= 0.6 is 15.9 Å². The lowest BCUT2D eigenvalue weighted by molar-refractivity contribution is -0.109. The number of aryl methyl sites for hydroxylation is 1. The maximum absolute atomic E-state index is 10.6. The van der Waals surface area contributed by atoms with Crippen LogP contribution < -0.4 is 5.43 Å². The zero-order valence-corrected chi connectivity index (χ0v) is 13.6. The number of rotatable bonds is 5. The van der Waals surface area contributed by atoms with Crippen LogP contribution in [0.2, 0.25) is 0 Å². The summed E-state index contributed by atoms with van der Waals surface area (Å²) in [6.45, 7) is 5.93. The van der Waals surface area contributed by atoms with Gasteiger partial charge in [-0.25, -0.2) is 15.1 Å². The maximum atomic E-state index is 10.6. The van der Waals surface area contributed by atoms with Gasteiger partial charge in [-0.1, -0.05) is 24.3 Å². The molecule has 2 aromatic rings. The summed E-state index contributed by atoms with van der Waals surface area (Å²) >= 11 is 3.24. The fourth-order valence-corrected chi connectivity index (χ4v) is 2.34. The SMILES string of the molecule is Cc1ccccc1C(=NNC=O)C(C)(C)n1cnc(Br)n1. The minimum Gasteiger partial charge on any atom is -0.277 e. The number of nitrogens with one attached hydrogen (secondary N) is 1. The highest BCUT2D eigenvalue weighted by Crippen LogP contribution is 2.24. The van der Waals surface area contributed by atoms with Gasteiger partial charge < -0.3 is 0 Å². The van der Waals surface area contributed by atoms with E-state index in [9.17, 15) is 4.79 Å². The van der Waals surface area contributed by atoms with E-state index in [1.807, 2.05) is 45.0 Å². The van der Waals surface area contributed by atoms with Crippen LogP contribution in [0.1, 0.15) is 25.0 Å². The molecule has 0 saturated carbocycles. The molecule has 0 aliphatic rings. The Labute approximate surface area is 131 Å². The number of nitrogens with zero attached hydrogens (tertiary/aromatic N) is 4. The van der Waals surface area contributed by atoms with Crippen molar-refractivity contribution in [2.24, 2.45) is 5.10 Å². The number of hydrogen-bond acceptors (Lipinski definition) is 4. The van der Waals surface area contributed by atoms with Crippen molar-refractivity contribution >= 4 is 28.1 Å². The van der Waals surface area contributed by atoms with Gasteiger partial charge in [-0.05, 0) is 42.3 Å². The van der Waals surface area contributed by atoms with Crippen LogP contribution in [0, 0.1) is 6.92 Å². The molecule has 0 radical (unpaired) electrons. The predicted molar refractivity (Wildman–Crippen MR) is 84.0 cm³/mol. The molecule has 1 aromatic heterocycles. The first-order valence-electron chi connectivity index (χ1n) is 6.38. The van der Waals surface area contributed by atoms with Gasteiger partial charge in [-0.15, -0.1) is 5.10 Å². The Hall–Kier alpha value is -2.02. The Bertz CT molecular complexity index is 678. The minimum atomic E-state index is -0.582. The Kier molecular flexibility index (Phi) is 4.52. The molecule has 1 amide bonds. The summed E-state index contributed by atoms with van der Waals surface area (Å²) < 4.78 is 2.21. The number of hydrazone groups is 1. The van der Waals surface area contributed by atoms with Crippen LogP contribution in [0.4, 0.5) is 0 Å². The maximum Gasteiger partial charge on any atom is 0.227 e. The summed E-state index contributed by atoms with van der Waals surface area (Å²) in [6, 6.07) is 7.86. The highest BCUT2D eigenvalue weighted by atomic mass is 79.9. The first kappa shape index (κ1) is 15.4. The molecule has 1 heterocycles. The minimum absolute atomic E-state index is 0.503. The molecular formula is C14H16BrN5O. The van der Waals surface area contributed by atoms with Gasteiger partial charge in [-0.2, -0.15) is 5.10 Å². The molecule has 0 fully saturated rings. The monoisotopic (exact) mass is 349 g/mol. The zero-order chi connectivity index (χ0) is 15.5. The highest BCUT2D eigenvalue weighted by molar-refractivity contribution is 9.10. The molecule has 6 nitrogen and oxygen atoms in total. The zero-order valence-electron chi connectivity index (χ0n) is 12.0. The molecular weight excluding hydrogens is 334 g/mol. The molecule has 0 aliphatic carbocycles. The van der Waals surface area contributed by atoms with Gasteiger partial charge in [0.05, 0.1) is 5.71 Å². The lowest BCUT2D eigenvalue weighted by atomic mass is 9.90. The van der Waals surface area contributed by atoms with Crippen molar-refractivity contribution in [1.29, 1.82) is 0 Å². The molecule has 0 unspecified atom stereocenters. The predicted octanol–water partition coefficient (Wildman–Crippen LogP) is 2.23. The van der Waals surface area contributed by atoms with Crippen molar-refractivity contribution in [3.63, 3.8) is 0 Å². The molecule has 7 heteroatoms. The van der Waals surface area contributed by atoms with Crippen LogP contribution in [0.3, 0.4) is 0 Å². The standard InChI is InChI=1S/C14H16BrN5O/c1-10-6-4-5-7-11(10)12(18-17-9-21)14(2,3)20-8-16-13(15)19-20/h4-9H,1-3H3,(H,17,21). The number of aromatic nitrogens is 3. The van der Waals surface area contributed by atoms with E-state index in [0.717, 1.165) is 11.1 Å². The van der Waals surface area contributed by atoms with Gasteiger partial charge in [0, 0.05) is 5.56 Å². The average molecular weight is 350 g/mol. The second kappa shape index (κ2) is 6.17. The van der Waals surface area contributed by atoms with E-state index in [2.05, 4.69) is 36.5 Å². The number of halogens is 1. The summed E-state index contributed by atoms with van der Waals surface area (Å²) in [5.74, 6) is 0. The summed E-state index contributed by atoms with van der Waals surface area (Å²) in [7, 11) is 0. The van der Waals surface area contributed by atoms with E-state index in [0.29, 0.717) is 16.9 Å². The van der Waals surface area contributed by atoms with Gasteiger partial charge in [0.25, 0.3) is 0 Å².